The van der Waals surface area contributed by atoms with E-state index in [1.54, 1.807) is 18.2 Å². The Balaban J connectivity index is 1.55. The number of pyridine rings is 1. The molecule has 8 nitrogen and oxygen atoms in total. The molecule has 30 heavy (non-hydrogen) atoms. The molecule has 0 aliphatic carbocycles. The van der Waals surface area contributed by atoms with Crippen LogP contribution < -0.4 is 10.0 Å². The van der Waals surface area contributed by atoms with Crippen molar-refractivity contribution in [2.45, 2.75) is 18.3 Å². The molecule has 0 atom stereocenters. The predicted octanol–water partition coefficient (Wildman–Crippen LogP) is 3.21. The van der Waals surface area contributed by atoms with Crippen LogP contribution in [0.15, 0.2) is 30.5 Å². The Morgan fingerprint density at radius 3 is 2.70 bits per heavy atom. The van der Waals surface area contributed by atoms with Crippen molar-refractivity contribution >= 4 is 56.1 Å². The normalized spacial score (nSPS) is 12.1. The second-order valence-corrected chi connectivity index (χ2v) is 8.72. The summed E-state index contributed by atoms with van der Waals surface area (Å²) in [4.78, 5) is 15.5. The molecule has 0 saturated heterocycles. The summed E-state index contributed by atoms with van der Waals surface area (Å²) in [6, 6.07) is 5.61. The molecule has 0 spiro atoms. The number of hydrogen-bond donors (Lipinski definition) is 2. The Hall–Kier alpha value is -2.51. The number of nitrogens with one attached hydrogen (secondary N) is 2. The number of carbonyl (C=O) groups excluding carboxylic acids is 1. The number of nitrogens with zero attached hydrogens (tertiary/aromatic N) is 3. The summed E-state index contributed by atoms with van der Waals surface area (Å²) in [5.41, 5.74) is 0.404. The minimum Gasteiger partial charge on any atom is -0.368 e. The van der Waals surface area contributed by atoms with Crippen LogP contribution in [0.3, 0.4) is 0 Å². The molecule has 14 heteroatoms. The van der Waals surface area contributed by atoms with Crippen LogP contribution in [-0.4, -0.2) is 34.6 Å². The summed E-state index contributed by atoms with van der Waals surface area (Å²) in [6.45, 7) is -0.0922. The summed E-state index contributed by atoms with van der Waals surface area (Å²) in [7, 11) is -3.99. The lowest BCUT2D eigenvalue weighted by atomic mass is 10.2. The number of hydrogen-bond acceptors (Lipinski definition) is 8. The van der Waals surface area contributed by atoms with Crippen molar-refractivity contribution in [2.24, 2.45) is 0 Å². The van der Waals surface area contributed by atoms with Crippen LogP contribution in [0.25, 0.3) is 11.0 Å². The van der Waals surface area contributed by atoms with Gasteiger partial charge in [0, 0.05) is 19.2 Å². The molecule has 0 aliphatic rings. The highest BCUT2D eigenvalue weighted by Gasteiger charge is 2.31. The molecule has 2 N–H and O–H groups in total. The van der Waals surface area contributed by atoms with Crippen molar-refractivity contribution in [1.29, 1.82) is 0 Å². The Morgan fingerprint density at radius 2 is 2.00 bits per heavy atom. The van der Waals surface area contributed by atoms with Gasteiger partial charge in [0.15, 0.2) is 0 Å². The van der Waals surface area contributed by atoms with Crippen molar-refractivity contribution in [3.05, 3.63) is 46.6 Å². The highest BCUT2D eigenvalue weighted by Crippen LogP contribution is 2.32. The number of anilines is 1. The Labute approximate surface area is 177 Å². The molecule has 0 saturated carbocycles. The zero-order chi connectivity index (χ0) is 21.9. The van der Waals surface area contributed by atoms with Gasteiger partial charge in [0.1, 0.15) is 16.9 Å². The van der Waals surface area contributed by atoms with Crippen molar-refractivity contribution in [2.75, 3.05) is 11.9 Å². The molecule has 0 bridgehead atoms. The van der Waals surface area contributed by atoms with Crippen LogP contribution in [0.5, 0.6) is 0 Å². The van der Waals surface area contributed by atoms with Crippen LogP contribution in [0.2, 0.25) is 5.02 Å². The molecule has 1 aromatic carbocycles. The number of alkyl halides is 3. The van der Waals surface area contributed by atoms with Crippen LogP contribution in [0, 0.1) is 0 Å². The maximum Gasteiger partial charge on any atom is 0.417 e. The summed E-state index contributed by atoms with van der Waals surface area (Å²) in [5, 5.41) is 2.32. The van der Waals surface area contributed by atoms with E-state index in [0.717, 1.165) is 11.7 Å². The van der Waals surface area contributed by atoms with Crippen LogP contribution in [0.4, 0.5) is 19.0 Å². The Kier molecular flexibility index (Phi) is 6.43. The van der Waals surface area contributed by atoms with Crippen molar-refractivity contribution < 1.29 is 26.4 Å². The number of amides is 1. The molecule has 0 radical (unpaired) electrons. The van der Waals surface area contributed by atoms with Gasteiger partial charge in [-0.05, 0) is 17.7 Å². The van der Waals surface area contributed by atoms with E-state index in [9.17, 15) is 26.4 Å². The fraction of sp³-hybridized carbons (Fsp3) is 0.250. The van der Waals surface area contributed by atoms with Gasteiger partial charge in [-0.3, -0.25) is 9.52 Å². The number of rotatable bonds is 7. The second-order valence-electron chi connectivity index (χ2n) is 6.06. The molecule has 3 aromatic rings. The average molecular weight is 480 g/mol. The van der Waals surface area contributed by atoms with Crippen molar-refractivity contribution in [3.8, 4) is 0 Å². The first-order valence-corrected chi connectivity index (χ1v) is 11.0. The molecule has 160 valence electrons. The van der Waals surface area contributed by atoms with Crippen LogP contribution >= 0.6 is 23.3 Å². The number of aromatic nitrogens is 3. The van der Waals surface area contributed by atoms with E-state index in [0.29, 0.717) is 28.9 Å². The standard InChI is InChI=1S/C16H13ClF3N5O3S2/c17-11-6-10(16(18,19)20)7-22-15(11)21-5-4-13(26)25-30(27,28)8-9-2-1-3-12-14(9)24-29-23-12/h1-3,6-7H,4-5,8H2,(H,21,22)(H,25,26). The zero-order valence-electron chi connectivity index (χ0n) is 14.9. The SMILES string of the molecule is O=C(CCNc1ncc(C(F)(F)F)cc1Cl)NS(=O)(=O)Cc1cccc2nsnc12. The van der Waals surface area contributed by atoms with E-state index >= 15 is 0 Å². The Morgan fingerprint density at radius 1 is 1.23 bits per heavy atom. The van der Waals surface area contributed by atoms with Gasteiger partial charge < -0.3 is 5.32 Å². The number of fused-ring (bicyclic) bond motifs is 1. The molecule has 0 aliphatic heterocycles. The number of halogens is 4. The van der Waals surface area contributed by atoms with Gasteiger partial charge >= 0.3 is 6.18 Å². The van der Waals surface area contributed by atoms with E-state index in [2.05, 4.69) is 19.0 Å². The maximum absolute atomic E-state index is 12.6. The van der Waals surface area contributed by atoms with Gasteiger partial charge in [0.25, 0.3) is 0 Å². The molecular formula is C16H13ClF3N5O3S2. The highest BCUT2D eigenvalue weighted by molar-refractivity contribution is 7.89. The van der Waals surface area contributed by atoms with Crippen molar-refractivity contribution in [3.63, 3.8) is 0 Å². The lowest BCUT2D eigenvalue weighted by molar-refractivity contribution is -0.137. The van der Waals surface area contributed by atoms with Gasteiger partial charge in [0.2, 0.25) is 15.9 Å². The van der Waals surface area contributed by atoms with Gasteiger partial charge in [-0.1, -0.05) is 23.7 Å². The highest BCUT2D eigenvalue weighted by atomic mass is 35.5. The number of sulfonamides is 1. The first-order chi connectivity index (χ1) is 14.0. The third kappa shape index (κ3) is 5.55. The average Bonchev–Trinajstić information content (AvgIpc) is 3.11. The first-order valence-electron chi connectivity index (χ1n) is 8.25. The summed E-state index contributed by atoms with van der Waals surface area (Å²) < 4.78 is 72.3. The number of carbonyl (C=O) groups is 1. The van der Waals surface area contributed by atoms with E-state index < -0.39 is 33.4 Å². The van der Waals surface area contributed by atoms with Gasteiger partial charge in [-0.15, -0.1) is 0 Å². The van der Waals surface area contributed by atoms with E-state index in [1.807, 2.05) is 4.72 Å². The lowest BCUT2D eigenvalue weighted by Crippen LogP contribution is -2.32. The van der Waals surface area contributed by atoms with Crippen LogP contribution in [0.1, 0.15) is 17.5 Å². The predicted molar refractivity (Wildman–Crippen MR) is 106 cm³/mol. The first kappa shape index (κ1) is 22.2. The molecule has 0 fully saturated rings. The third-order valence-electron chi connectivity index (χ3n) is 3.80. The monoisotopic (exact) mass is 479 g/mol. The van der Waals surface area contributed by atoms with E-state index in [-0.39, 0.29) is 23.8 Å². The van der Waals surface area contributed by atoms with E-state index in [1.165, 1.54) is 0 Å². The lowest BCUT2D eigenvalue weighted by Gasteiger charge is -2.11. The maximum atomic E-state index is 12.6. The van der Waals surface area contributed by atoms with Gasteiger partial charge in [-0.25, -0.2) is 13.4 Å². The number of benzene rings is 1. The molecule has 2 aromatic heterocycles. The molecule has 1 amide bonds. The fourth-order valence-electron chi connectivity index (χ4n) is 2.46. The fourth-order valence-corrected chi connectivity index (χ4v) is 4.43. The van der Waals surface area contributed by atoms with Crippen LogP contribution in [-0.2, 0) is 26.7 Å². The summed E-state index contributed by atoms with van der Waals surface area (Å²) in [5.74, 6) is -1.31. The van der Waals surface area contributed by atoms with Gasteiger partial charge in [-0.2, -0.15) is 21.9 Å². The third-order valence-corrected chi connectivity index (χ3v) is 5.86. The molecular weight excluding hydrogens is 467 g/mol. The summed E-state index contributed by atoms with van der Waals surface area (Å²) in [6.07, 6.45) is -4.25. The minimum absolute atomic E-state index is 0.0527. The molecule has 3 rings (SSSR count). The van der Waals surface area contributed by atoms with Gasteiger partial charge in [0.05, 0.1) is 28.1 Å². The second kappa shape index (κ2) is 8.70. The minimum atomic E-state index is -4.58. The molecule has 0 unspecified atom stereocenters. The van der Waals surface area contributed by atoms with E-state index in [4.69, 9.17) is 11.6 Å². The summed E-state index contributed by atoms with van der Waals surface area (Å²) >= 11 is 6.70. The molecule has 2 heterocycles. The Bertz CT molecular complexity index is 1180. The largest absolute Gasteiger partial charge is 0.417 e. The quantitative estimate of drug-likeness (QED) is 0.534. The topological polar surface area (TPSA) is 114 Å². The zero-order valence-corrected chi connectivity index (χ0v) is 17.3. The van der Waals surface area contributed by atoms with Crippen molar-refractivity contribution in [1.82, 2.24) is 18.5 Å². The smallest absolute Gasteiger partial charge is 0.368 e.